The lowest BCUT2D eigenvalue weighted by molar-refractivity contribution is 0.204. The Kier molecular flexibility index (Phi) is 4.89. The van der Waals surface area contributed by atoms with E-state index in [1.165, 1.54) is 11.8 Å². The molecule has 0 unspecified atom stereocenters. The molecule has 0 spiro atoms. The van der Waals surface area contributed by atoms with Crippen molar-refractivity contribution in [2.45, 2.75) is 11.3 Å². The zero-order valence-corrected chi connectivity index (χ0v) is 13.3. The van der Waals surface area contributed by atoms with Gasteiger partial charge in [-0.1, -0.05) is 30.0 Å². The molecule has 0 radical (unpaired) electrons. The molecule has 0 aliphatic carbocycles. The molecule has 3 rings (SSSR count). The van der Waals surface area contributed by atoms with Crippen LogP contribution in [0.3, 0.4) is 0 Å². The van der Waals surface area contributed by atoms with Crippen LogP contribution >= 0.6 is 11.8 Å². The molecule has 2 heterocycles. The summed E-state index contributed by atoms with van der Waals surface area (Å²) in [6.07, 6.45) is 1.11. The highest BCUT2D eigenvalue weighted by molar-refractivity contribution is 7.99. The number of aromatic amines is 1. The normalized spacial score (nSPS) is 12.1. The Bertz CT molecular complexity index is 746. The molecule has 2 aromatic heterocycles. The Hall–Kier alpha value is -2.38. The van der Waals surface area contributed by atoms with E-state index in [1.54, 1.807) is 13.3 Å². The molecule has 23 heavy (non-hydrogen) atoms. The summed E-state index contributed by atoms with van der Waals surface area (Å²) < 4.78 is 5.11. The molecule has 0 saturated heterocycles. The van der Waals surface area contributed by atoms with E-state index in [0.29, 0.717) is 16.7 Å². The average Bonchev–Trinajstić information content (AvgIpc) is 3.09. The number of hydrogen-bond acceptors (Lipinski definition) is 6. The molecule has 1 aromatic carbocycles. The van der Waals surface area contributed by atoms with Gasteiger partial charge in [-0.05, 0) is 29.8 Å². The van der Waals surface area contributed by atoms with E-state index >= 15 is 0 Å². The third kappa shape index (κ3) is 3.88. The highest BCUT2D eigenvalue weighted by Gasteiger charge is 2.12. The van der Waals surface area contributed by atoms with Crippen LogP contribution in [0.4, 0.5) is 0 Å². The summed E-state index contributed by atoms with van der Waals surface area (Å²) in [5.41, 5.74) is 1.57. The van der Waals surface area contributed by atoms with E-state index in [2.05, 4.69) is 20.2 Å². The number of aliphatic hydroxyl groups excluding tert-OH is 1. The van der Waals surface area contributed by atoms with Crippen molar-refractivity contribution < 1.29 is 9.84 Å². The van der Waals surface area contributed by atoms with Crippen LogP contribution in [0.1, 0.15) is 11.7 Å². The number of aliphatic hydroxyl groups is 1. The second-order valence-electron chi connectivity index (χ2n) is 4.78. The lowest BCUT2D eigenvalue weighted by Crippen LogP contribution is -2.00. The van der Waals surface area contributed by atoms with Gasteiger partial charge in [0.15, 0.2) is 5.82 Å². The minimum atomic E-state index is -0.595. The van der Waals surface area contributed by atoms with Gasteiger partial charge < -0.3 is 9.84 Å². The highest BCUT2D eigenvalue weighted by Crippen LogP contribution is 2.24. The van der Waals surface area contributed by atoms with Crippen molar-refractivity contribution in [2.75, 3.05) is 12.9 Å². The largest absolute Gasteiger partial charge is 0.497 e. The van der Waals surface area contributed by atoms with Crippen LogP contribution in [0.25, 0.3) is 11.5 Å². The first-order valence-electron chi connectivity index (χ1n) is 7.05. The van der Waals surface area contributed by atoms with Gasteiger partial charge in [0.2, 0.25) is 5.16 Å². The number of benzene rings is 1. The maximum atomic E-state index is 10.2. The van der Waals surface area contributed by atoms with Crippen LogP contribution in [0.2, 0.25) is 0 Å². The first-order chi connectivity index (χ1) is 11.3. The summed E-state index contributed by atoms with van der Waals surface area (Å²) >= 11 is 1.39. The Morgan fingerprint density at radius 3 is 2.74 bits per heavy atom. The number of nitrogens with one attached hydrogen (secondary N) is 1. The van der Waals surface area contributed by atoms with Gasteiger partial charge in [-0.25, -0.2) is 0 Å². The van der Waals surface area contributed by atoms with Crippen molar-refractivity contribution in [1.29, 1.82) is 0 Å². The van der Waals surface area contributed by atoms with E-state index in [0.717, 1.165) is 17.0 Å². The predicted molar refractivity (Wildman–Crippen MR) is 88.3 cm³/mol. The molecule has 2 N–H and O–H groups in total. The van der Waals surface area contributed by atoms with Crippen LogP contribution in [-0.4, -0.2) is 38.1 Å². The van der Waals surface area contributed by atoms with Gasteiger partial charge in [0.1, 0.15) is 11.4 Å². The van der Waals surface area contributed by atoms with Crippen LogP contribution in [0.15, 0.2) is 53.8 Å². The minimum Gasteiger partial charge on any atom is -0.497 e. The molecule has 0 amide bonds. The van der Waals surface area contributed by atoms with Crippen LogP contribution in [-0.2, 0) is 0 Å². The van der Waals surface area contributed by atoms with Crippen molar-refractivity contribution >= 4 is 11.8 Å². The van der Waals surface area contributed by atoms with Gasteiger partial charge in [-0.3, -0.25) is 10.1 Å². The Morgan fingerprint density at radius 1 is 1.22 bits per heavy atom. The molecule has 0 aliphatic heterocycles. The van der Waals surface area contributed by atoms with E-state index < -0.39 is 6.10 Å². The number of thioether (sulfide) groups is 1. The van der Waals surface area contributed by atoms with Crippen LogP contribution in [0.5, 0.6) is 5.75 Å². The van der Waals surface area contributed by atoms with Crippen molar-refractivity contribution in [3.63, 3.8) is 0 Å². The third-order valence-corrected chi connectivity index (χ3v) is 4.17. The summed E-state index contributed by atoms with van der Waals surface area (Å²) in [5, 5.41) is 17.8. The van der Waals surface area contributed by atoms with Crippen molar-refractivity contribution in [3.8, 4) is 17.3 Å². The fraction of sp³-hybridized carbons (Fsp3) is 0.188. The van der Waals surface area contributed by atoms with Gasteiger partial charge in [0.05, 0.1) is 13.2 Å². The molecule has 0 saturated carbocycles. The summed E-state index contributed by atoms with van der Waals surface area (Å²) in [5.74, 6) is 1.85. The summed E-state index contributed by atoms with van der Waals surface area (Å²) in [6, 6.07) is 13.0. The highest BCUT2D eigenvalue weighted by atomic mass is 32.2. The van der Waals surface area contributed by atoms with Crippen molar-refractivity contribution in [1.82, 2.24) is 20.2 Å². The fourth-order valence-corrected chi connectivity index (χ4v) is 2.77. The monoisotopic (exact) mass is 328 g/mol. The minimum absolute atomic E-state index is 0.464. The zero-order chi connectivity index (χ0) is 16.1. The van der Waals surface area contributed by atoms with E-state index in [-0.39, 0.29) is 0 Å². The van der Waals surface area contributed by atoms with Gasteiger partial charge in [0, 0.05) is 11.9 Å². The van der Waals surface area contributed by atoms with Crippen LogP contribution < -0.4 is 4.74 Å². The molecule has 3 aromatic rings. The maximum absolute atomic E-state index is 10.2. The third-order valence-electron chi connectivity index (χ3n) is 3.24. The second kappa shape index (κ2) is 7.26. The number of pyridine rings is 1. The molecular formula is C16H16N4O2S. The molecule has 0 fully saturated rings. The standard InChI is InChI=1S/C16H16N4O2S/c1-22-12-7-5-11(6-8-12)14(21)10-23-16-18-15(19-20-16)13-4-2-3-9-17-13/h2-9,14,21H,10H2,1H3,(H,18,19,20)/t14-/m0/s1. The van der Waals surface area contributed by atoms with Gasteiger partial charge >= 0.3 is 0 Å². The van der Waals surface area contributed by atoms with Gasteiger partial charge in [-0.2, -0.15) is 4.98 Å². The number of H-pyrrole nitrogens is 1. The average molecular weight is 328 g/mol. The Balaban J connectivity index is 1.60. The molecule has 1 atom stereocenters. The Labute approximate surface area is 138 Å². The molecule has 118 valence electrons. The molecule has 7 heteroatoms. The zero-order valence-electron chi connectivity index (χ0n) is 12.5. The van der Waals surface area contributed by atoms with Gasteiger partial charge in [-0.15, -0.1) is 5.10 Å². The number of aromatic nitrogens is 4. The number of ether oxygens (including phenoxy) is 1. The quantitative estimate of drug-likeness (QED) is 0.677. The van der Waals surface area contributed by atoms with Crippen molar-refractivity contribution in [2.24, 2.45) is 0 Å². The Morgan fingerprint density at radius 2 is 2.04 bits per heavy atom. The van der Waals surface area contributed by atoms with E-state index in [9.17, 15) is 5.11 Å². The first-order valence-corrected chi connectivity index (χ1v) is 8.03. The lowest BCUT2D eigenvalue weighted by atomic mass is 10.1. The van der Waals surface area contributed by atoms with Gasteiger partial charge in [0.25, 0.3) is 0 Å². The fourth-order valence-electron chi connectivity index (χ4n) is 2.00. The molecule has 6 nitrogen and oxygen atoms in total. The topological polar surface area (TPSA) is 83.9 Å². The summed E-state index contributed by atoms with van der Waals surface area (Å²) in [6.45, 7) is 0. The van der Waals surface area contributed by atoms with E-state index in [4.69, 9.17) is 4.74 Å². The maximum Gasteiger partial charge on any atom is 0.208 e. The lowest BCUT2D eigenvalue weighted by Gasteiger charge is -2.09. The molecule has 0 aliphatic rings. The smallest absolute Gasteiger partial charge is 0.208 e. The predicted octanol–water partition coefficient (Wildman–Crippen LogP) is 2.70. The number of hydrogen-bond donors (Lipinski definition) is 2. The SMILES string of the molecule is COc1ccc([C@@H](O)CSc2n[nH]c(-c3ccccn3)n2)cc1. The first kappa shape index (κ1) is 15.5. The van der Waals surface area contributed by atoms with Crippen LogP contribution in [0, 0.1) is 0 Å². The summed E-state index contributed by atoms with van der Waals surface area (Å²) in [7, 11) is 1.61. The number of rotatable bonds is 6. The molecule has 0 bridgehead atoms. The second-order valence-corrected chi connectivity index (χ2v) is 5.77. The molecular weight excluding hydrogens is 312 g/mol. The summed E-state index contributed by atoms with van der Waals surface area (Å²) in [4.78, 5) is 8.59. The van der Waals surface area contributed by atoms with E-state index in [1.807, 2.05) is 42.5 Å². The van der Waals surface area contributed by atoms with Crippen molar-refractivity contribution in [3.05, 3.63) is 54.2 Å². The number of methoxy groups -OCH3 is 1. The number of nitrogens with zero attached hydrogens (tertiary/aromatic N) is 3.